The molecule has 0 spiro atoms. The number of aryl methyl sites for hydroxylation is 1. The third kappa shape index (κ3) is 6.54. The van der Waals surface area contributed by atoms with Crippen LogP contribution in [-0.4, -0.2) is 18.1 Å². The van der Waals surface area contributed by atoms with E-state index in [1.807, 2.05) is 110 Å². The number of nitrogens with zero attached hydrogens (tertiary/aromatic N) is 1. The van der Waals surface area contributed by atoms with E-state index in [1.165, 1.54) is 7.11 Å². The molecule has 0 saturated heterocycles. The molecule has 39 heavy (non-hydrogen) atoms. The lowest BCUT2D eigenvalue weighted by Gasteiger charge is -2.13. The number of ether oxygens (including phenoxy) is 3. The van der Waals surface area contributed by atoms with Crippen molar-refractivity contribution < 1.29 is 23.4 Å². The number of carbonyl (C=O) groups is 1. The maximum Gasteiger partial charge on any atom is 0.310 e. The van der Waals surface area contributed by atoms with Gasteiger partial charge in [-0.05, 0) is 60.0 Å². The number of hydrogen-bond donors (Lipinski definition) is 0. The van der Waals surface area contributed by atoms with E-state index in [2.05, 4.69) is 4.98 Å². The number of esters is 1. The molecule has 5 aromatic rings. The summed E-state index contributed by atoms with van der Waals surface area (Å²) in [4.78, 5) is 16.6. The first-order valence-electron chi connectivity index (χ1n) is 12.7. The highest BCUT2D eigenvalue weighted by atomic mass is 16.5. The number of aromatic nitrogens is 1. The molecular weight excluding hydrogens is 490 g/mol. The van der Waals surface area contributed by atoms with Crippen LogP contribution in [-0.2, 0) is 29.2 Å². The summed E-state index contributed by atoms with van der Waals surface area (Å²) >= 11 is 0. The average molecular weight is 520 g/mol. The molecule has 0 saturated carbocycles. The smallest absolute Gasteiger partial charge is 0.310 e. The molecule has 0 atom stereocenters. The van der Waals surface area contributed by atoms with Crippen LogP contribution in [0.15, 0.2) is 108 Å². The Morgan fingerprint density at radius 3 is 2.15 bits per heavy atom. The molecule has 1 aromatic heterocycles. The topological polar surface area (TPSA) is 70.8 Å². The predicted octanol–water partition coefficient (Wildman–Crippen LogP) is 7.19. The van der Waals surface area contributed by atoms with Crippen molar-refractivity contribution in [2.75, 3.05) is 7.11 Å². The lowest BCUT2D eigenvalue weighted by atomic mass is 10.0. The average Bonchev–Trinajstić information content (AvgIpc) is 3.37. The zero-order valence-corrected chi connectivity index (χ0v) is 21.9. The van der Waals surface area contributed by atoms with E-state index < -0.39 is 0 Å². The van der Waals surface area contributed by atoms with Crippen LogP contribution in [0.5, 0.6) is 11.5 Å². The van der Waals surface area contributed by atoms with E-state index in [0.717, 1.165) is 45.0 Å². The Labute approximate surface area is 227 Å². The SMILES string of the molecule is COC(=O)Cc1cc(-c2ccccc2)ccc1OCc1ccc(OCc2nc(-c3ccccc3)oc2C)cc1. The fraction of sp³-hybridized carbons (Fsp3) is 0.152. The van der Waals surface area contributed by atoms with Crippen molar-refractivity contribution in [3.05, 3.63) is 126 Å². The minimum atomic E-state index is -0.315. The van der Waals surface area contributed by atoms with E-state index in [1.54, 1.807) is 0 Å². The summed E-state index contributed by atoms with van der Waals surface area (Å²) in [5.41, 5.74) is 5.53. The van der Waals surface area contributed by atoms with E-state index in [-0.39, 0.29) is 12.4 Å². The van der Waals surface area contributed by atoms with E-state index in [9.17, 15) is 4.79 Å². The largest absolute Gasteiger partial charge is 0.489 e. The fourth-order valence-corrected chi connectivity index (χ4v) is 4.16. The Morgan fingerprint density at radius 1 is 0.769 bits per heavy atom. The monoisotopic (exact) mass is 519 g/mol. The Balaban J connectivity index is 1.22. The van der Waals surface area contributed by atoms with Gasteiger partial charge in [0.15, 0.2) is 0 Å². The lowest BCUT2D eigenvalue weighted by Crippen LogP contribution is -2.07. The molecule has 5 rings (SSSR count). The molecule has 1 heterocycles. The summed E-state index contributed by atoms with van der Waals surface area (Å²) in [6.07, 6.45) is 0.132. The molecule has 6 heteroatoms. The third-order valence-corrected chi connectivity index (χ3v) is 6.34. The van der Waals surface area contributed by atoms with Crippen molar-refractivity contribution in [1.29, 1.82) is 0 Å². The Kier molecular flexibility index (Phi) is 8.03. The van der Waals surface area contributed by atoms with Crippen LogP contribution < -0.4 is 9.47 Å². The molecule has 0 unspecified atom stereocenters. The van der Waals surface area contributed by atoms with Crippen LogP contribution in [0.2, 0.25) is 0 Å². The number of rotatable bonds is 10. The van der Waals surface area contributed by atoms with Crippen molar-refractivity contribution in [1.82, 2.24) is 4.98 Å². The van der Waals surface area contributed by atoms with Crippen LogP contribution in [0.1, 0.15) is 22.6 Å². The molecule has 0 aliphatic rings. The van der Waals surface area contributed by atoms with Gasteiger partial charge in [0, 0.05) is 11.1 Å². The first-order valence-corrected chi connectivity index (χ1v) is 12.7. The summed E-state index contributed by atoms with van der Waals surface area (Å²) in [6.45, 7) is 2.55. The van der Waals surface area contributed by atoms with Crippen molar-refractivity contribution in [2.24, 2.45) is 0 Å². The van der Waals surface area contributed by atoms with Crippen molar-refractivity contribution in [3.8, 4) is 34.1 Å². The van der Waals surface area contributed by atoms with Crippen molar-refractivity contribution in [3.63, 3.8) is 0 Å². The van der Waals surface area contributed by atoms with Gasteiger partial charge in [0.2, 0.25) is 5.89 Å². The van der Waals surface area contributed by atoms with Gasteiger partial charge in [-0.15, -0.1) is 0 Å². The second-order valence-corrected chi connectivity index (χ2v) is 9.05. The zero-order valence-electron chi connectivity index (χ0n) is 21.9. The second kappa shape index (κ2) is 12.1. The van der Waals surface area contributed by atoms with Crippen LogP contribution in [0.25, 0.3) is 22.6 Å². The van der Waals surface area contributed by atoms with Crippen LogP contribution in [0.3, 0.4) is 0 Å². The molecule has 0 aliphatic heterocycles. The molecule has 0 N–H and O–H groups in total. The van der Waals surface area contributed by atoms with Gasteiger partial charge in [-0.3, -0.25) is 4.79 Å². The molecule has 0 fully saturated rings. The normalized spacial score (nSPS) is 10.7. The summed E-state index contributed by atoms with van der Waals surface area (Å²) in [5.74, 6) is 2.38. The van der Waals surface area contributed by atoms with Gasteiger partial charge in [0.25, 0.3) is 0 Å². The Hall–Kier alpha value is -4.84. The minimum absolute atomic E-state index is 0.132. The Morgan fingerprint density at radius 2 is 1.46 bits per heavy atom. The summed E-state index contributed by atoms with van der Waals surface area (Å²) in [5, 5.41) is 0. The molecule has 4 aromatic carbocycles. The van der Waals surface area contributed by atoms with E-state index >= 15 is 0 Å². The number of hydrogen-bond acceptors (Lipinski definition) is 6. The van der Waals surface area contributed by atoms with Gasteiger partial charge in [-0.2, -0.15) is 0 Å². The van der Waals surface area contributed by atoms with Crippen LogP contribution in [0, 0.1) is 6.92 Å². The Bertz CT molecular complexity index is 1530. The molecule has 0 amide bonds. The van der Waals surface area contributed by atoms with Gasteiger partial charge in [0.05, 0.1) is 13.5 Å². The summed E-state index contributed by atoms with van der Waals surface area (Å²) < 4.78 is 22.8. The number of carbonyl (C=O) groups excluding carboxylic acids is 1. The minimum Gasteiger partial charge on any atom is -0.489 e. The molecule has 0 radical (unpaired) electrons. The van der Waals surface area contributed by atoms with Gasteiger partial charge in [-0.25, -0.2) is 4.98 Å². The quantitative estimate of drug-likeness (QED) is 0.182. The first-order chi connectivity index (χ1) is 19.1. The third-order valence-electron chi connectivity index (χ3n) is 6.34. The van der Waals surface area contributed by atoms with E-state index in [0.29, 0.717) is 24.9 Å². The van der Waals surface area contributed by atoms with Gasteiger partial charge in [-0.1, -0.05) is 66.7 Å². The van der Waals surface area contributed by atoms with Crippen molar-refractivity contribution >= 4 is 5.97 Å². The molecule has 6 nitrogen and oxygen atoms in total. The van der Waals surface area contributed by atoms with E-state index in [4.69, 9.17) is 18.6 Å². The van der Waals surface area contributed by atoms with Gasteiger partial charge >= 0.3 is 5.97 Å². The number of benzene rings is 4. The first kappa shape index (κ1) is 25.8. The number of oxazole rings is 1. The summed E-state index contributed by atoms with van der Waals surface area (Å²) in [6, 6.07) is 33.4. The van der Waals surface area contributed by atoms with Crippen molar-refractivity contribution in [2.45, 2.75) is 26.6 Å². The van der Waals surface area contributed by atoms with Crippen LogP contribution >= 0.6 is 0 Å². The highest BCUT2D eigenvalue weighted by Crippen LogP contribution is 2.28. The molecule has 0 bridgehead atoms. The number of methoxy groups -OCH3 is 1. The van der Waals surface area contributed by atoms with Gasteiger partial charge in [0.1, 0.15) is 36.2 Å². The van der Waals surface area contributed by atoms with Crippen LogP contribution in [0.4, 0.5) is 0 Å². The highest BCUT2D eigenvalue weighted by molar-refractivity contribution is 5.75. The highest BCUT2D eigenvalue weighted by Gasteiger charge is 2.13. The fourth-order valence-electron chi connectivity index (χ4n) is 4.16. The molecule has 196 valence electrons. The standard InChI is InChI=1S/C33H29NO5/c1-23-30(34-33(39-23)26-11-7-4-8-12-26)22-37-29-16-13-24(14-17-29)21-38-31-18-15-27(25-9-5-3-6-10-25)19-28(31)20-32(35)36-2/h3-19H,20-22H2,1-2H3. The summed E-state index contributed by atoms with van der Waals surface area (Å²) in [7, 11) is 1.39. The predicted molar refractivity (Wildman–Crippen MR) is 149 cm³/mol. The zero-order chi connectivity index (χ0) is 27.0. The van der Waals surface area contributed by atoms with Gasteiger partial charge < -0.3 is 18.6 Å². The maximum atomic E-state index is 12.0. The molecule has 0 aliphatic carbocycles. The molecular formula is C33H29NO5. The second-order valence-electron chi connectivity index (χ2n) is 9.05. The lowest BCUT2D eigenvalue weighted by molar-refractivity contribution is -0.139. The maximum absolute atomic E-state index is 12.0.